The third-order valence-corrected chi connectivity index (χ3v) is 6.14. The number of aromatic nitrogens is 2. The third-order valence-electron chi connectivity index (χ3n) is 6.14. The van der Waals surface area contributed by atoms with Gasteiger partial charge in [0.2, 0.25) is 5.91 Å². The van der Waals surface area contributed by atoms with Crippen molar-refractivity contribution in [3.8, 4) is 5.69 Å². The SMILES string of the molecule is Cc1cn(-c2ccc(/C=C/C(=O)N3CCCC(O)(c4ccc(F)cc4)CC3)cc2C)cn1. The first kappa shape index (κ1) is 22.0. The molecule has 2 aromatic carbocycles. The van der Waals surface area contributed by atoms with Crippen molar-refractivity contribution < 1.29 is 14.3 Å². The van der Waals surface area contributed by atoms with E-state index in [1.165, 1.54) is 12.1 Å². The topological polar surface area (TPSA) is 58.4 Å². The van der Waals surface area contributed by atoms with Crippen molar-refractivity contribution in [2.45, 2.75) is 38.7 Å². The second-order valence-electron chi connectivity index (χ2n) is 8.52. The van der Waals surface area contributed by atoms with Crippen LogP contribution in [0.2, 0.25) is 0 Å². The molecule has 6 heteroatoms. The minimum Gasteiger partial charge on any atom is -0.385 e. The molecule has 1 atom stereocenters. The zero-order chi connectivity index (χ0) is 22.7. The first-order chi connectivity index (χ1) is 15.3. The van der Waals surface area contributed by atoms with E-state index in [9.17, 15) is 14.3 Å². The molecular weight excluding hydrogens is 405 g/mol. The molecule has 32 heavy (non-hydrogen) atoms. The number of benzene rings is 2. The van der Waals surface area contributed by atoms with E-state index in [0.29, 0.717) is 37.9 Å². The van der Waals surface area contributed by atoms with Gasteiger partial charge in [-0.1, -0.05) is 18.2 Å². The summed E-state index contributed by atoms with van der Waals surface area (Å²) in [7, 11) is 0. The van der Waals surface area contributed by atoms with Crippen LogP contribution in [0.3, 0.4) is 0 Å². The van der Waals surface area contributed by atoms with Crippen molar-refractivity contribution in [2.75, 3.05) is 13.1 Å². The Labute approximate surface area is 187 Å². The fraction of sp³-hybridized carbons (Fsp3) is 0.308. The molecular formula is C26H28FN3O2. The molecule has 2 heterocycles. The Morgan fingerprint density at radius 2 is 1.91 bits per heavy atom. The summed E-state index contributed by atoms with van der Waals surface area (Å²) >= 11 is 0. The molecule has 0 radical (unpaired) electrons. The van der Waals surface area contributed by atoms with E-state index < -0.39 is 5.60 Å². The smallest absolute Gasteiger partial charge is 0.246 e. The normalized spacial score (nSPS) is 19.3. The number of hydrogen-bond donors (Lipinski definition) is 1. The monoisotopic (exact) mass is 433 g/mol. The molecule has 1 unspecified atom stereocenters. The van der Waals surface area contributed by atoms with E-state index in [1.807, 2.05) is 48.9 Å². The molecule has 0 spiro atoms. The third kappa shape index (κ3) is 4.81. The Morgan fingerprint density at radius 1 is 1.12 bits per heavy atom. The molecule has 1 N–H and O–H groups in total. The minimum atomic E-state index is -1.04. The maximum absolute atomic E-state index is 13.2. The highest BCUT2D eigenvalue weighted by atomic mass is 19.1. The number of amides is 1. The second kappa shape index (κ2) is 9.09. The van der Waals surface area contributed by atoms with Gasteiger partial charge in [0.25, 0.3) is 0 Å². The lowest BCUT2D eigenvalue weighted by atomic mass is 9.87. The fourth-order valence-electron chi connectivity index (χ4n) is 4.29. The number of hydrogen-bond acceptors (Lipinski definition) is 3. The lowest BCUT2D eigenvalue weighted by Gasteiger charge is -2.27. The summed E-state index contributed by atoms with van der Waals surface area (Å²) in [5.41, 5.74) is 3.73. The van der Waals surface area contributed by atoms with Crippen molar-refractivity contribution in [1.82, 2.24) is 14.5 Å². The van der Waals surface area contributed by atoms with E-state index in [2.05, 4.69) is 4.98 Å². The first-order valence-electron chi connectivity index (χ1n) is 10.9. The molecule has 1 fully saturated rings. The molecule has 4 rings (SSSR count). The predicted octanol–water partition coefficient (Wildman–Crippen LogP) is 4.54. The van der Waals surface area contributed by atoms with Gasteiger partial charge >= 0.3 is 0 Å². The molecule has 3 aromatic rings. The second-order valence-corrected chi connectivity index (χ2v) is 8.52. The van der Waals surface area contributed by atoms with Crippen LogP contribution in [0.5, 0.6) is 0 Å². The molecule has 1 aliphatic heterocycles. The molecule has 0 bridgehead atoms. The molecule has 0 saturated carbocycles. The van der Waals surface area contributed by atoms with Crippen molar-refractivity contribution in [2.24, 2.45) is 0 Å². The summed E-state index contributed by atoms with van der Waals surface area (Å²) in [6.45, 7) is 5.03. The van der Waals surface area contributed by atoms with Crippen LogP contribution in [-0.4, -0.2) is 38.6 Å². The zero-order valence-corrected chi connectivity index (χ0v) is 18.5. The van der Waals surface area contributed by atoms with E-state index in [0.717, 1.165) is 22.5 Å². The number of rotatable bonds is 4. The van der Waals surface area contributed by atoms with Gasteiger partial charge in [0.15, 0.2) is 0 Å². The van der Waals surface area contributed by atoms with Crippen molar-refractivity contribution >= 4 is 12.0 Å². The number of imidazole rings is 1. The number of likely N-dealkylation sites (tertiary alicyclic amines) is 1. The fourth-order valence-corrected chi connectivity index (χ4v) is 4.29. The van der Waals surface area contributed by atoms with Crippen LogP contribution in [-0.2, 0) is 10.4 Å². The minimum absolute atomic E-state index is 0.0691. The van der Waals surface area contributed by atoms with E-state index >= 15 is 0 Å². The Hall–Kier alpha value is -3.25. The summed E-state index contributed by atoms with van der Waals surface area (Å²) in [6.07, 6.45) is 8.85. The molecule has 1 saturated heterocycles. The average Bonchev–Trinajstić information content (AvgIpc) is 3.10. The van der Waals surface area contributed by atoms with Gasteiger partial charge in [-0.05, 0) is 80.1 Å². The van der Waals surface area contributed by atoms with Gasteiger partial charge in [-0.15, -0.1) is 0 Å². The van der Waals surface area contributed by atoms with E-state index in [-0.39, 0.29) is 11.7 Å². The van der Waals surface area contributed by atoms with E-state index in [4.69, 9.17) is 0 Å². The van der Waals surface area contributed by atoms with Gasteiger partial charge in [-0.25, -0.2) is 9.37 Å². The van der Waals surface area contributed by atoms with Gasteiger partial charge in [-0.3, -0.25) is 4.79 Å². The van der Waals surface area contributed by atoms with Gasteiger partial charge in [0, 0.05) is 31.0 Å². The van der Waals surface area contributed by atoms with Crippen LogP contribution in [0.4, 0.5) is 4.39 Å². The highest BCUT2D eigenvalue weighted by molar-refractivity contribution is 5.91. The Morgan fingerprint density at radius 3 is 2.59 bits per heavy atom. The lowest BCUT2D eigenvalue weighted by Crippen LogP contribution is -2.32. The lowest BCUT2D eigenvalue weighted by molar-refractivity contribution is -0.126. The zero-order valence-electron chi connectivity index (χ0n) is 18.5. The molecule has 1 amide bonds. The quantitative estimate of drug-likeness (QED) is 0.615. The number of halogens is 1. The summed E-state index contributed by atoms with van der Waals surface area (Å²) in [5, 5.41) is 11.1. The summed E-state index contributed by atoms with van der Waals surface area (Å²) in [4.78, 5) is 18.8. The maximum atomic E-state index is 13.2. The first-order valence-corrected chi connectivity index (χ1v) is 10.9. The van der Waals surface area contributed by atoms with Crippen molar-refractivity contribution in [3.63, 3.8) is 0 Å². The number of carbonyl (C=O) groups excluding carboxylic acids is 1. The van der Waals surface area contributed by atoms with Gasteiger partial charge in [-0.2, -0.15) is 0 Å². The average molecular weight is 434 g/mol. The van der Waals surface area contributed by atoms with Crippen molar-refractivity contribution in [3.05, 3.63) is 89.3 Å². The number of aryl methyl sites for hydroxylation is 2. The van der Waals surface area contributed by atoms with Crippen LogP contribution in [0.1, 0.15) is 41.6 Å². The maximum Gasteiger partial charge on any atom is 0.246 e. The van der Waals surface area contributed by atoms with Crippen LogP contribution >= 0.6 is 0 Å². The Bertz CT molecular complexity index is 1140. The van der Waals surface area contributed by atoms with Crippen LogP contribution < -0.4 is 0 Å². The Kier molecular flexibility index (Phi) is 6.24. The molecule has 5 nitrogen and oxygen atoms in total. The summed E-state index contributed by atoms with van der Waals surface area (Å²) in [5.74, 6) is -0.392. The largest absolute Gasteiger partial charge is 0.385 e. The molecule has 0 aliphatic carbocycles. The summed E-state index contributed by atoms with van der Waals surface area (Å²) < 4.78 is 15.2. The van der Waals surface area contributed by atoms with Gasteiger partial charge in [0.1, 0.15) is 5.82 Å². The molecule has 166 valence electrons. The predicted molar refractivity (Wildman–Crippen MR) is 123 cm³/mol. The Balaban J connectivity index is 1.41. The number of carbonyl (C=O) groups is 1. The van der Waals surface area contributed by atoms with Crippen LogP contribution in [0.15, 0.2) is 61.1 Å². The summed E-state index contributed by atoms with van der Waals surface area (Å²) in [6, 6.07) is 12.0. The standard InChI is InChI=1S/C26H28FN3O2/c1-19-16-21(4-10-24(19)30-17-20(2)28-18-30)5-11-25(31)29-14-3-12-26(32,13-15-29)22-6-8-23(27)9-7-22/h4-11,16-18,32H,3,12-15H2,1-2H3/b11-5+. The number of nitrogens with zero attached hydrogens (tertiary/aromatic N) is 3. The van der Waals surface area contributed by atoms with Crippen LogP contribution in [0, 0.1) is 19.7 Å². The van der Waals surface area contributed by atoms with Gasteiger partial charge in [0.05, 0.1) is 17.6 Å². The van der Waals surface area contributed by atoms with Crippen LogP contribution in [0.25, 0.3) is 11.8 Å². The molecule has 1 aromatic heterocycles. The molecule has 1 aliphatic rings. The van der Waals surface area contributed by atoms with E-state index in [1.54, 1.807) is 29.4 Å². The highest BCUT2D eigenvalue weighted by Crippen LogP contribution is 2.33. The van der Waals surface area contributed by atoms with Crippen molar-refractivity contribution in [1.29, 1.82) is 0 Å². The van der Waals surface area contributed by atoms with Gasteiger partial charge < -0.3 is 14.6 Å². The number of aliphatic hydroxyl groups is 1. The highest BCUT2D eigenvalue weighted by Gasteiger charge is 2.32.